The van der Waals surface area contributed by atoms with Crippen LogP contribution in [0.2, 0.25) is 5.02 Å². The highest BCUT2D eigenvalue weighted by Gasteiger charge is 2.40. The number of aliphatic imine (C=N–C) groups is 1. The molecule has 26 heavy (non-hydrogen) atoms. The molecule has 1 aromatic rings. The fourth-order valence-corrected chi connectivity index (χ4v) is 3.31. The summed E-state index contributed by atoms with van der Waals surface area (Å²) in [7, 11) is 0. The number of aliphatic hydroxyl groups is 1. The lowest BCUT2D eigenvalue weighted by molar-refractivity contribution is -0.126. The zero-order chi connectivity index (χ0) is 18.7. The van der Waals surface area contributed by atoms with Gasteiger partial charge in [-0.15, -0.1) is 0 Å². The Balaban J connectivity index is 1.75. The maximum Gasteiger partial charge on any atom is 0.250 e. The summed E-state index contributed by atoms with van der Waals surface area (Å²) in [5.41, 5.74) is 6.65. The molecule has 1 fully saturated rings. The number of aliphatic hydroxyl groups excluding tert-OH is 1. The van der Waals surface area contributed by atoms with Gasteiger partial charge in [-0.05, 0) is 31.4 Å². The van der Waals surface area contributed by atoms with Crippen molar-refractivity contribution >= 4 is 35.1 Å². The van der Waals surface area contributed by atoms with E-state index in [1.807, 2.05) is 0 Å². The molecular weight excluding hydrogens is 360 g/mol. The molecule has 2 aliphatic heterocycles. The van der Waals surface area contributed by atoms with E-state index in [0.29, 0.717) is 35.6 Å². The van der Waals surface area contributed by atoms with E-state index < -0.39 is 11.9 Å². The summed E-state index contributed by atoms with van der Waals surface area (Å²) in [5, 5.41) is 11.9. The molecule has 4 N–H and O–H groups in total. The van der Waals surface area contributed by atoms with E-state index >= 15 is 0 Å². The number of nitrogens with two attached hydrogens (primary N) is 1. The average Bonchev–Trinajstić information content (AvgIpc) is 2.89. The number of nitrogens with one attached hydrogen (secondary N) is 1. The number of unbranched alkanes of at least 4 members (excludes halogenated alkanes) is 2. The van der Waals surface area contributed by atoms with Crippen molar-refractivity contribution in [2.45, 2.75) is 38.3 Å². The fraction of sp³-hybridized carbons (Fsp3) is 0.471. The van der Waals surface area contributed by atoms with Crippen LogP contribution in [0, 0.1) is 0 Å². The molecule has 8 nitrogen and oxygen atoms in total. The Morgan fingerprint density at radius 2 is 2.23 bits per heavy atom. The third-order valence-corrected chi connectivity index (χ3v) is 4.79. The third-order valence-electron chi connectivity index (χ3n) is 4.38. The third kappa shape index (κ3) is 3.76. The molecular formula is C17H21ClN4O4. The van der Waals surface area contributed by atoms with Gasteiger partial charge in [0.25, 0.3) is 0 Å². The molecule has 0 spiro atoms. The Morgan fingerprint density at radius 3 is 2.96 bits per heavy atom. The number of hydrogen-bond donors (Lipinski definition) is 3. The fourth-order valence-electron chi connectivity index (χ4n) is 3.04. The van der Waals surface area contributed by atoms with Gasteiger partial charge in [0.1, 0.15) is 11.8 Å². The van der Waals surface area contributed by atoms with E-state index in [1.165, 1.54) is 0 Å². The first-order valence-corrected chi connectivity index (χ1v) is 8.88. The van der Waals surface area contributed by atoms with Crippen LogP contribution in [-0.2, 0) is 16.1 Å². The molecule has 2 aliphatic rings. The van der Waals surface area contributed by atoms with Gasteiger partial charge in [0.05, 0.1) is 30.3 Å². The molecule has 2 amide bonds. The quantitative estimate of drug-likeness (QED) is 0.583. The molecule has 9 heteroatoms. The zero-order valence-electron chi connectivity index (χ0n) is 14.2. The highest BCUT2D eigenvalue weighted by Crippen LogP contribution is 2.39. The van der Waals surface area contributed by atoms with E-state index in [4.69, 9.17) is 27.2 Å². The first kappa shape index (κ1) is 18.5. The summed E-state index contributed by atoms with van der Waals surface area (Å²) in [4.78, 5) is 29.5. The van der Waals surface area contributed by atoms with Crippen LogP contribution in [0.15, 0.2) is 17.1 Å². The van der Waals surface area contributed by atoms with Gasteiger partial charge in [-0.25, -0.2) is 4.99 Å². The van der Waals surface area contributed by atoms with Crippen molar-refractivity contribution in [2.24, 2.45) is 10.7 Å². The van der Waals surface area contributed by atoms with Gasteiger partial charge in [-0.1, -0.05) is 11.6 Å². The van der Waals surface area contributed by atoms with Crippen LogP contribution in [0.5, 0.6) is 5.75 Å². The van der Waals surface area contributed by atoms with Crippen molar-refractivity contribution in [3.63, 3.8) is 0 Å². The van der Waals surface area contributed by atoms with Crippen LogP contribution in [0.1, 0.15) is 31.2 Å². The van der Waals surface area contributed by atoms with Gasteiger partial charge in [0, 0.05) is 12.2 Å². The number of benzene rings is 1. The number of primary amides is 1. The molecule has 0 radical (unpaired) electrons. The number of carbonyl (C=O) groups excluding carboxylic acids is 2. The zero-order valence-corrected chi connectivity index (χ0v) is 15.0. The summed E-state index contributed by atoms with van der Waals surface area (Å²) in [6.45, 7) is 1.02. The molecule has 2 heterocycles. The summed E-state index contributed by atoms with van der Waals surface area (Å²) in [6, 6.07) is 2.87. The second-order valence-corrected chi connectivity index (χ2v) is 6.62. The predicted octanol–water partition coefficient (Wildman–Crippen LogP) is 1.06. The maximum absolute atomic E-state index is 12.1. The summed E-state index contributed by atoms with van der Waals surface area (Å²) in [6.07, 6.45) is 2.36. The van der Waals surface area contributed by atoms with Gasteiger partial charge in [-0.2, -0.15) is 0 Å². The van der Waals surface area contributed by atoms with Crippen molar-refractivity contribution in [1.82, 2.24) is 10.2 Å². The Bertz CT molecular complexity index is 753. The minimum Gasteiger partial charge on any atom is -0.492 e. The lowest BCUT2D eigenvalue weighted by Crippen LogP contribution is -2.39. The number of fused-ring (bicyclic) bond motifs is 2. The Morgan fingerprint density at radius 1 is 1.42 bits per heavy atom. The number of carbonyl (C=O) groups is 2. The molecule has 1 atom stereocenters. The van der Waals surface area contributed by atoms with Crippen LogP contribution in [0.25, 0.3) is 0 Å². The Kier molecular flexibility index (Phi) is 5.63. The average molecular weight is 381 g/mol. The minimum atomic E-state index is -0.682. The van der Waals surface area contributed by atoms with Crippen molar-refractivity contribution in [1.29, 1.82) is 0 Å². The first-order chi connectivity index (χ1) is 12.5. The number of halogens is 1. The standard InChI is InChI=1S/C17H21ClN4O4/c18-15-10-9-22-12(8-14(19)24)16(25)21-17(22)20-11(10)4-5-13(15)26-7-3-1-2-6-23/h4-5,12,23H,1-3,6-9H2,(H2,19,24)(H,20,21,25). The summed E-state index contributed by atoms with van der Waals surface area (Å²) >= 11 is 6.49. The van der Waals surface area contributed by atoms with Gasteiger partial charge in [0.2, 0.25) is 17.8 Å². The first-order valence-electron chi connectivity index (χ1n) is 8.50. The van der Waals surface area contributed by atoms with Gasteiger partial charge in [-0.3, -0.25) is 14.9 Å². The van der Waals surface area contributed by atoms with Crippen LogP contribution >= 0.6 is 11.6 Å². The van der Waals surface area contributed by atoms with Crippen molar-refractivity contribution < 1.29 is 19.4 Å². The SMILES string of the molecule is NC(=O)CC1C(=O)NC2=Nc3ccc(OCCCCCO)c(Cl)c3CN21. The number of hydrogen-bond acceptors (Lipinski definition) is 6. The second kappa shape index (κ2) is 7.92. The normalized spacial score (nSPS) is 18.1. The van der Waals surface area contributed by atoms with Crippen LogP contribution in [-0.4, -0.2) is 47.0 Å². The lowest BCUT2D eigenvalue weighted by Gasteiger charge is -2.28. The molecule has 0 bridgehead atoms. The predicted molar refractivity (Wildman–Crippen MR) is 96.3 cm³/mol. The van der Waals surface area contributed by atoms with E-state index in [1.54, 1.807) is 17.0 Å². The number of rotatable bonds is 8. The summed E-state index contributed by atoms with van der Waals surface area (Å²) < 4.78 is 5.74. The van der Waals surface area contributed by atoms with E-state index in [9.17, 15) is 9.59 Å². The molecule has 0 aliphatic carbocycles. The second-order valence-electron chi connectivity index (χ2n) is 6.25. The molecule has 1 saturated heterocycles. The van der Waals surface area contributed by atoms with Crippen LogP contribution in [0.4, 0.5) is 5.69 Å². The Labute approximate surface area is 156 Å². The number of guanidine groups is 1. The van der Waals surface area contributed by atoms with Gasteiger partial charge >= 0.3 is 0 Å². The Hall–Kier alpha value is -2.32. The van der Waals surface area contributed by atoms with Crippen molar-refractivity contribution in [3.05, 3.63) is 22.7 Å². The molecule has 0 saturated carbocycles. The van der Waals surface area contributed by atoms with Crippen molar-refractivity contribution in [2.75, 3.05) is 13.2 Å². The summed E-state index contributed by atoms with van der Waals surface area (Å²) in [5.74, 6) is 0.107. The maximum atomic E-state index is 12.1. The topological polar surface area (TPSA) is 117 Å². The molecule has 140 valence electrons. The van der Waals surface area contributed by atoms with Crippen LogP contribution < -0.4 is 15.8 Å². The highest BCUT2D eigenvalue weighted by atomic mass is 35.5. The van der Waals surface area contributed by atoms with Crippen LogP contribution in [0.3, 0.4) is 0 Å². The molecule has 1 unspecified atom stereocenters. The van der Waals surface area contributed by atoms with Gasteiger partial charge in [0.15, 0.2) is 0 Å². The highest BCUT2D eigenvalue weighted by molar-refractivity contribution is 6.33. The molecule has 3 rings (SSSR count). The van der Waals surface area contributed by atoms with E-state index in [-0.39, 0.29) is 18.9 Å². The lowest BCUT2D eigenvalue weighted by atomic mass is 10.1. The van der Waals surface area contributed by atoms with Crippen molar-refractivity contribution in [3.8, 4) is 5.75 Å². The monoisotopic (exact) mass is 380 g/mol. The number of nitrogens with zero attached hydrogens (tertiary/aromatic N) is 2. The minimum absolute atomic E-state index is 0.0845. The van der Waals surface area contributed by atoms with Gasteiger partial charge < -0.3 is 20.5 Å². The number of ether oxygens (including phenoxy) is 1. The smallest absolute Gasteiger partial charge is 0.250 e. The van der Waals surface area contributed by atoms with E-state index in [2.05, 4.69) is 10.3 Å². The molecule has 0 aromatic heterocycles. The largest absolute Gasteiger partial charge is 0.492 e. The number of amides is 2. The molecule has 1 aromatic carbocycles. The van der Waals surface area contributed by atoms with E-state index in [0.717, 1.165) is 24.8 Å².